The van der Waals surface area contributed by atoms with Crippen molar-refractivity contribution < 1.29 is 4.79 Å². The summed E-state index contributed by atoms with van der Waals surface area (Å²) < 4.78 is 2.08. The molecule has 0 N–H and O–H groups in total. The molecule has 0 saturated heterocycles. The third-order valence-electron chi connectivity index (χ3n) is 4.50. The average Bonchev–Trinajstić information content (AvgIpc) is 2.90. The first-order valence-electron chi connectivity index (χ1n) is 7.45. The van der Waals surface area contributed by atoms with Gasteiger partial charge in [-0.2, -0.15) is 5.10 Å². The fourth-order valence-corrected chi connectivity index (χ4v) is 2.72. The van der Waals surface area contributed by atoms with Crippen LogP contribution in [0.2, 0.25) is 0 Å². The van der Waals surface area contributed by atoms with Crippen LogP contribution >= 0.6 is 0 Å². The summed E-state index contributed by atoms with van der Waals surface area (Å²) in [5.74, 6) is 0.0144. The Morgan fingerprint density at radius 3 is 2.75 bits per heavy atom. The molecule has 20 heavy (non-hydrogen) atoms. The van der Waals surface area contributed by atoms with Gasteiger partial charge in [0.1, 0.15) is 0 Å². The zero-order valence-corrected chi connectivity index (χ0v) is 13.0. The molecule has 1 unspecified atom stereocenters. The highest BCUT2D eigenvalue weighted by molar-refractivity contribution is 5.87. The van der Waals surface area contributed by atoms with Crippen molar-refractivity contribution in [2.24, 2.45) is 0 Å². The van der Waals surface area contributed by atoms with E-state index in [2.05, 4.69) is 45.0 Å². The summed E-state index contributed by atoms with van der Waals surface area (Å²) >= 11 is 0. The molecule has 1 amide bonds. The number of hydrogen-bond acceptors (Lipinski definition) is 2. The zero-order chi connectivity index (χ0) is 14.9. The van der Waals surface area contributed by atoms with E-state index in [4.69, 9.17) is 5.10 Å². The molecule has 1 aliphatic rings. The predicted molar refractivity (Wildman–Crippen MR) is 80.5 cm³/mol. The van der Waals surface area contributed by atoms with Gasteiger partial charge in [0.25, 0.3) is 0 Å². The standard InChI is InChI=1S/C16H25N3O/c1-6-12-13-11-14(16(4,5)8-3)17-19(13)10-9-18(12)15(20)7-2/h7,11-12H,2,6,8-10H2,1,3-5H3. The Kier molecular flexibility index (Phi) is 4.02. The molecule has 1 aromatic heterocycles. The highest BCUT2D eigenvalue weighted by Crippen LogP contribution is 2.33. The summed E-state index contributed by atoms with van der Waals surface area (Å²) in [6, 6.07) is 2.29. The number of carbonyl (C=O) groups is 1. The quantitative estimate of drug-likeness (QED) is 0.792. The summed E-state index contributed by atoms with van der Waals surface area (Å²) in [5.41, 5.74) is 2.36. The number of hydrogen-bond donors (Lipinski definition) is 0. The van der Waals surface area contributed by atoms with Gasteiger partial charge in [-0.1, -0.05) is 34.3 Å². The molecule has 0 aliphatic carbocycles. The van der Waals surface area contributed by atoms with E-state index in [-0.39, 0.29) is 17.4 Å². The normalized spacial score (nSPS) is 18.8. The lowest BCUT2D eigenvalue weighted by atomic mass is 9.86. The van der Waals surface area contributed by atoms with Crippen LogP contribution in [-0.4, -0.2) is 27.1 Å². The first-order valence-corrected chi connectivity index (χ1v) is 7.45. The van der Waals surface area contributed by atoms with E-state index >= 15 is 0 Å². The molecule has 0 spiro atoms. The van der Waals surface area contributed by atoms with Gasteiger partial charge in [-0.05, 0) is 25.0 Å². The van der Waals surface area contributed by atoms with Crippen LogP contribution in [0.1, 0.15) is 58.0 Å². The summed E-state index contributed by atoms with van der Waals surface area (Å²) in [5, 5.41) is 4.76. The highest BCUT2D eigenvalue weighted by atomic mass is 16.2. The van der Waals surface area contributed by atoms with Crippen LogP contribution in [-0.2, 0) is 16.8 Å². The lowest BCUT2D eigenvalue weighted by molar-refractivity contribution is -0.129. The van der Waals surface area contributed by atoms with Crippen molar-refractivity contribution in [2.45, 2.75) is 58.5 Å². The molecule has 1 aliphatic heterocycles. The van der Waals surface area contributed by atoms with E-state index in [1.165, 1.54) is 6.08 Å². The third-order valence-corrected chi connectivity index (χ3v) is 4.50. The number of rotatable bonds is 4. The molecule has 1 aromatic rings. The van der Waals surface area contributed by atoms with Crippen molar-refractivity contribution in [1.29, 1.82) is 0 Å². The Balaban J connectivity index is 2.39. The van der Waals surface area contributed by atoms with Crippen LogP contribution < -0.4 is 0 Å². The van der Waals surface area contributed by atoms with Crippen LogP contribution in [0.25, 0.3) is 0 Å². The van der Waals surface area contributed by atoms with Crippen LogP contribution in [0.4, 0.5) is 0 Å². The second-order valence-corrected chi connectivity index (χ2v) is 6.07. The molecule has 1 atom stereocenters. The van der Waals surface area contributed by atoms with Crippen LogP contribution in [0.5, 0.6) is 0 Å². The number of carbonyl (C=O) groups excluding carboxylic acids is 1. The Bertz CT molecular complexity index is 516. The molecule has 4 nitrogen and oxygen atoms in total. The molecule has 0 radical (unpaired) electrons. The molecule has 0 fully saturated rings. The molecule has 2 heterocycles. The topological polar surface area (TPSA) is 38.1 Å². The SMILES string of the molecule is C=CC(=O)N1CCn2nc(C(C)(C)CC)cc2C1CC. The Labute approximate surface area is 121 Å². The van der Waals surface area contributed by atoms with Crippen molar-refractivity contribution in [3.63, 3.8) is 0 Å². The van der Waals surface area contributed by atoms with Crippen molar-refractivity contribution in [3.8, 4) is 0 Å². The molecule has 4 heteroatoms. The van der Waals surface area contributed by atoms with E-state index in [0.717, 1.165) is 30.8 Å². The van der Waals surface area contributed by atoms with Gasteiger partial charge >= 0.3 is 0 Å². The number of aromatic nitrogens is 2. The smallest absolute Gasteiger partial charge is 0.246 e. The van der Waals surface area contributed by atoms with Crippen molar-refractivity contribution in [3.05, 3.63) is 30.1 Å². The summed E-state index contributed by atoms with van der Waals surface area (Å²) in [6.45, 7) is 13.8. The van der Waals surface area contributed by atoms with Gasteiger partial charge in [0.2, 0.25) is 5.91 Å². The zero-order valence-electron chi connectivity index (χ0n) is 13.0. The maximum atomic E-state index is 12.0. The lowest BCUT2D eigenvalue weighted by Gasteiger charge is -2.35. The summed E-state index contributed by atoms with van der Waals surface area (Å²) in [6.07, 6.45) is 3.36. The van der Waals surface area contributed by atoms with Gasteiger partial charge in [0, 0.05) is 12.0 Å². The third kappa shape index (κ3) is 2.39. The van der Waals surface area contributed by atoms with Crippen molar-refractivity contribution in [2.75, 3.05) is 6.54 Å². The fraction of sp³-hybridized carbons (Fsp3) is 0.625. The first-order chi connectivity index (χ1) is 9.44. The van der Waals surface area contributed by atoms with Crippen molar-refractivity contribution in [1.82, 2.24) is 14.7 Å². The minimum Gasteiger partial charge on any atom is -0.329 e. The van der Waals surface area contributed by atoms with Gasteiger partial charge in [0.05, 0.1) is 24.0 Å². The molecule has 2 rings (SSSR count). The number of fused-ring (bicyclic) bond motifs is 1. The Morgan fingerprint density at radius 2 is 2.20 bits per heavy atom. The van der Waals surface area contributed by atoms with E-state index in [0.29, 0.717) is 6.54 Å². The lowest BCUT2D eigenvalue weighted by Crippen LogP contribution is -2.41. The van der Waals surface area contributed by atoms with Crippen LogP contribution in [0.15, 0.2) is 18.7 Å². The molecule has 0 saturated carbocycles. The van der Waals surface area contributed by atoms with E-state index < -0.39 is 0 Å². The molecule has 0 bridgehead atoms. The average molecular weight is 275 g/mol. The Morgan fingerprint density at radius 1 is 1.50 bits per heavy atom. The predicted octanol–water partition coefficient (Wildman–Crippen LogP) is 3.05. The van der Waals surface area contributed by atoms with Crippen molar-refractivity contribution >= 4 is 5.91 Å². The van der Waals surface area contributed by atoms with Gasteiger partial charge in [-0.25, -0.2) is 0 Å². The van der Waals surface area contributed by atoms with Gasteiger partial charge < -0.3 is 4.90 Å². The van der Waals surface area contributed by atoms with Crippen LogP contribution in [0, 0.1) is 0 Å². The number of amides is 1. The van der Waals surface area contributed by atoms with Gasteiger partial charge in [-0.3, -0.25) is 9.48 Å². The highest BCUT2D eigenvalue weighted by Gasteiger charge is 2.32. The second-order valence-electron chi connectivity index (χ2n) is 6.07. The molecular formula is C16H25N3O. The molecule has 0 aromatic carbocycles. The van der Waals surface area contributed by atoms with E-state index in [1.54, 1.807) is 0 Å². The summed E-state index contributed by atoms with van der Waals surface area (Å²) in [7, 11) is 0. The maximum Gasteiger partial charge on any atom is 0.246 e. The van der Waals surface area contributed by atoms with Gasteiger partial charge in [-0.15, -0.1) is 0 Å². The van der Waals surface area contributed by atoms with E-state index in [9.17, 15) is 4.79 Å². The first kappa shape index (κ1) is 14.8. The minimum atomic E-state index is 0.0144. The maximum absolute atomic E-state index is 12.0. The Hall–Kier alpha value is -1.58. The largest absolute Gasteiger partial charge is 0.329 e. The summed E-state index contributed by atoms with van der Waals surface area (Å²) in [4.78, 5) is 13.9. The monoisotopic (exact) mass is 275 g/mol. The van der Waals surface area contributed by atoms with E-state index in [1.807, 2.05) is 4.90 Å². The molecule has 110 valence electrons. The van der Waals surface area contributed by atoms with Gasteiger partial charge in [0.15, 0.2) is 0 Å². The fourth-order valence-electron chi connectivity index (χ4n) is 2.72. The molecular weight excluding hydrogens is 250 g/mol. The van der Waals surface area contributed by atoms with Crippen LogP contribution in [0.3, 0.4) is 0 Å². The second kappa shape index (κ2) is 5.43. The number of nitrogens with zero attached hydrogens (tertiary/aromatic N) is 3. The minimum absolute atomic E-state index is 0.0144.